The lowest BCUT2D eigenvalue weighted by molar-refractivity contribution is -0.143. The Bertz CT molecular complexity index is 679. The Balaban J connectivity index is 2.25. The van der Waals surface area contributed by atoms with Crippen molar-refractivity contribution in [3.63, 3.8) is 0 Å². The van der Waals surface area contributed by atoms with Gasteiger partial charge in [0.1, 0.15) is 5.82 Å². The second kappa shape index (κ2) is 6.52. The van der Waals surface area contributed by atoms with Gasteiger partial charge in [-0.1, -0.05) is 11.6 Å². The van der Waals surface area contributed by atoms with Crippen LogP contribution in [0, 0.1) is 11.7 Å². The summed E-state index contributed by atoms with van der Waals surface area (Å²) in [5.41, 5.74) is -0.0165. The molecule has 0 radical (unpaired) electrons. The molecule has 22 heavy (non-hydrogen) atoms. The Morgan fingerprint density at radius 3 is 2.77 bits per heavy atom. The molecule has 1 N–H and O–H groups in total. The summed E-state index contributed by atoms with van der Waals surface area (Å²) < 4.78 is 39.9. The van der Waals surface area contributed by atoms with E-state index in [1.165, 1.54) is 12.1 Å². The van der Waals surface area contributed by atoms with Crippen molar-refractivity contribution in [2.45, 2.75) is 31.6 Å². The van der Waals surface area contributed by atoms with E-state index in [9.17, 15) is 17.6 Å². The Kier molecular flexibility index (Phi) is 5.09. The first kappa shape index (κ1) is 17.2. The fourth-order valence-corrected chi connectivity index (χ4v) is 4.63. The molecule has 2 rings (SSSR count). The molecule has 0 amide bonds. The molecule has 1 aromatic carbocycles. The third-order valence-corrected chi connectivity index (χ3v) is 6.01. The summed E-state index contributed by atoms with van der Waals surface area (Å²) in [6.07, 6.45) is 0.905. The van der Waals surface area contributed by atoms with Crippen molar-refractivity contribution in [3.05, 3.63) is 34.6 Å². The lowest BCUT2D eigenvalue weighted by Crippen LogP contribution is -2.47. The van der Waals surface area contributed by atoms with Gasteiger partial charge in [-0.15, -0.1) is 0 Å². The highest BCUT2D eigenvalue weighted by Gasteiger charge is 2.36. The second-order valence-corrected chi connectivity index (χ2v) is 7.88. The fourth-order valence-electron chi connectivity index (χ4n) is 2.60. The van der Waals surface area contributed by atoms with Gasteiger partial charge in [0.15, 0.2) is 0 Å². The number of rotatable bonds is 4. The molecule has 1 aliphatic rings. The number of sulfonamides is 1. The third kappa shape index (κ3) is 3.77. The molecular weight excluding hydrogens is 333 g/mol. The maximum atomic E-state index is 13.7. The molecule has 0 aliphatic carbocycles. The van der Waals surface area contributed by atoms with Gasteiger partial charge in [0, 0.05) is 23.2 Å². The van der Waals surface area contributed by atoms with Gasteiger partial charge in [0.05, 0.1) is 11.7 Å². The van der Waals surface area contributed by atoms with Gasteiger partial charge < -0.3 is 5.11 Å². The average Bonchev–Trinajstić information content (AvgIpc) is 2.42. The van der Waals surface area contributed by atoms with Gasteiger partial charge >= 0.3 is 5.97 Å². The number of halogens is 2. The summed E-state index contributed by atoms with van der Waals surface area (Å²) in [4.78, 5) is 11.1. The Morgan fingerprint density at radius 1 is 1.45 bits per heavy atom. The Hall–Kier alpha value is -1.18. The molecular formula is C14H17ClFNO4S. The molecule has 1 aromatic rings. The molecule has 0 saturated carbocycles. The lowest BCUT2D eigenvalue weighted by atomic mass is 9.96. The van der Waals surface area contributed by atoms with Crippen molar-refractivity contribution in [1.29, 1.82) is 0 Å². The van der Waals surface area contributed by atoms with Crippen molar-refractivity contribution in [2.75, 3.05) is 6.54 Å². The SMILES string of the molecule is CC1CCC(C(=O)O)CN1S(=O)(=O)Cc1cc(Cl)ccc1F. The zero-order chi connectivity index (χ0) is 16.5. The van der Waals surface area contributed by atoms with Crippen LogP contribution in [0.4, 0.5) is 4.39 Å². The van der Waals surface area contributed by atoms with Gasteiger partial charge in [-0.2, -0.15) is 4.31 Å². The summed E-state index contributed by atoms with van der Waals surface area (Å²) in [5, 5.41) is 9.33. The molecule has 2 atom stereocenters. The second-order valence-electron chi connectivity index (χ2n) is 5.52. The number of aliphatic carboxylic acids is 1. The van der Waals surface area contributed by atoms with Crippen LogP contribution in [0.5, 0.6) is 0 Å². The van der Waals surface area contributed by atoms with Crippen LogP contribution in [-0.4, -0.2) is 36.4 Å². The summed E-state index contributed by atoms with van der Waals surface area (Å²) in [6.45, 7) is 1.64. The van der Waals surface area contributed by atoms with E-state index in [4.69, 9.17) is 16.7 Å². The largest absolute Gasteiger partial charge is 0.481 e. The fraction of sp³-hybridized carbons (Fsp3) is 0.500. The quantitative estimate of drug-likeness (QED) is 0.906. The molecule has 0 spiro atoms. The van der Waals surface area contributed by atoms with E-state index in [2.05, 4.69) is 0 Å². The first-order valence-corrected chi connectivity index (χ1v) is 8.85. The molecule has 1 saturated heterocycles. The summed E-state index contributed by atoms with van der Waals surface area (Å²) in [6, 6.07) is 3.43. The van der Waals surface area contributed by atoms with Gasteiger partial charge in [-0.05, 0) is 38.0 Å². The normalized spacial score (nSPS) is 23.4. The number of piperidine rings is 1. The van der Waals surface area contributed by atoms with E-state index < -0.39 is 33.5 Å². The molecule has 2 unspecified atom stereocenters. The number of hydrogen-bond acceptors (Lipinski definition) is 3. The van der Waals surface area contributed by atoms with Crippen molar-refractivity contribution < 1.29 is 22.7 Å². The standard InChI is InChI=1S/C14H17ClFNO4S/c1-9-2-3-10(14(18)19)7-17(9)22(20,21)8-11-6-12(15)4-5-13(11)16/h4-6,9-10H,2-3,7-8H2,1H3,(H,18,19). The zero-order valence-corrected chi connectivity index (χ0v) is 13.6. The van der Waals surface area contributed by atoms with Gasteiger partial charge in [0.25, 0.3) is 0 Å². The Labute approximate surface area is 133 Å². The van der Waals surface area contributed by atoms with Gasteiger partial charge in [0.2, 0.25) is 10.0 Å². The number of carbonyl (C=O) groups is 1. The molecule has 8 heteroatoms. The molecule has 0 aromatic heterocycles. The number of nitrogens with zero attached hydrogens (tertiary/aromatic N) is 1. The summed E-state index contributed by atoms with van der Waals surface area (Å²) >= 11 is 5.77. The van der Waals surface area contributed by atoms with E-state index in [0.29, 0.717) is 12.8 Å². The average molecular weight is 350 g/mol. The smallest absolute Gasteiger partial charge is 0.307 e. The third-order valence-electron chi connectivity index (χ3n) is 3.88. The molecule has 1 aliphatic heterocycles. The first-order chi connectivity index (χ1) is 10.2. The molecule has 1 fully saturated rings. The van der Waals surface area contributed by atoms with Crippen molar-refractivity contribution >= 4 is 27.6 Å². The zero-order valence-electron chi connectivity index (χ0n) is 12.0. The van der Waals surface area contributed by atoms with Gasteiger partial charge in [-0.3, -0.25) is 4.79 Å². The van der Waals surface area contributed by atoms with Crippen molar-refractivity contribution in [2.24, 2.45) is 5.92 Å². The van der Waals surface area contributed by atoms with Crippen LogP contribution in [0.25, 0.3) is 0 Å². The number of carboxylic acids is 1. The van der Waals surface area contributed by atoms with E-state index in [0.717, 1.165) is 10.4 Å². The molecule has 1 heterocycles. The van der Waals surface area contributed by atoms with Crippen LogP contribution in [0.3, 0.4) is 0 Å². The highest BCUT2D eigenvalue weighted by molar-refractivity contribution is 7.88. The van der Waals surface area contributed by atoms with E-state index in [1.54, 1.807) is 6.92 Å². The lowest BCUT2D eigenvalue weighted by Gasteiger charge is -2.35. The predicted octanol–water partition coefficient (Wildman–Crippen LogP) is 2.49. The monoisotopic (exact) mass is 349 g/mol. The summed E-state index contributed by atoms with van der Waals surface area (Å²) in [5.74, 6) is -2.92. The Morgan fingerprint density at radius 2 is 2.14 bits per heavy atom. The van der Waals surface area contributed by atoms with Crippen LogP contribution in [0.15, 0.2) is 18.2 Å². The van der Waals surface area contributed by atoms with Crippen LogP contribution in [-0.2, 0) is 20.6 Å². The van der Waals surface area contributed by atoms with Crippen molar-refractivity contribution in [1.82, 2.24) is 4.31 Å². The number of carboxylic acid groups (broad SMARTS) is 1. The maximum absolute atomic E-state index is 13.7. The summed E-state index contributed by atoms with van der Waals surface area (Å²) in [7, 11) is -3.82. The van der Waals surface area contributed by atoms with Gasteiger partial charge in [-0.25, -0.2) is 12.8 Å². The molecule has 5 nitrogen and oxygen atoms in total. The van der Waals surface area contributed by atoms with Crippen LogP contribution in [0.2, 0.25) is 5.02 Å². The minimum atomic E-state index is -3.82. The van der Waals surface area contributed by atoms with Crippen molar-refractivity contribution in [3.8, 4) is 0 Å². The number of hydrogen-bond donors (Lipinski definition) is 1. The van der Waals surface area contributed by atoms with E-state index in [1.807, 2.05) is 0 Å². The van der Waals surface area contributed by atoms with Crippen LogP contribution >= 0.6 is 11.6 Å². The molecule has 122 valence electrons. The maximum Gasteiger partial charge on any atom is 0.307 e. The minimum absolute atomic E-state index is 0.0165. The first-order valence-electron chi connectivity index (χ1n) is 6.87. The highest BCUT2D eigenvalue weighted by Crippen LogP contribution is 2.27. The predicted molar refractivity (Wildman–Crippen MR) is 80.6 cm³/mol. The minimum Gasteiger partial charge on any atom is -0.481 e. The van der Waals surface area contributed by atoms with E-state index >= 15 is 0 Å². The number of benzene rings is 1. The molecule has 0 bridgehead atoms. The van der Waals surface area contributed by atoms with E-state index in [-0.39, 0.29) is 23.2 Å². The highest BCUT2D eigenvalue weighted by atomic mass is 35.5. The van der Waals surface area contributed by atoms with Crippen LogP contribution < -0.4 is 0 Å². The van der Waals surface area contributed by atoms with Crippen LogP contribution in [0.1, 0.15) is 25.3 Å². The topological polar surface area (TPSA) is 74.7 Å².